The van der Waals surface area contributed by atoms with Gasteiger partial charge < -0.3 is 15.3 Å². The molecule has 5 nitrogen and oxygen atoms in total. The summed E-state index contributed by atoms with van der Waals surface area (Å²) >= 11 is 0. The van der Waals surface area contributed by atoms with Crippen LogP contribution < -0.4 is 5.32 Å². The number of nitrogens with one attached hydrogen (secondary N) is 1. The molecule has 2 rings (SSSR count). The van der Waals surface area contributed by atoms with Gasteiger partial charge in [0.2, 0.25) is 11.8 Å². The maximum atomic E-state index is 12.3. The Morgan fingerprint density at radius 3 is 2.70 bits per heavy atom. The Morgan fingerprint density at radius 1 is 1.35 bits per heavy atom. The lowest BCUT2D eigenvalue weighted by atomic mass is 10.0. The molecule has 1 saturated carbocycles. The van der Waals surface area contributed by atoms with Crippen molar-refractivity contribution in [2.24, 2.45) is 11.8 Å². The van der Waals surface area contributed by atoms with Crippen LogP contribution in [0, 0.1) is 11.8 Å². The van der Waals surface area contributed by atoms with Gasteiger partial charge in [0.25, 0.3) is 0 Å². The van der Waals surface area contributed by atoms with Crippen LogP contribution in [-0.2, 0) is 9.59 Å². The standard InChI is InChI=1S/C15H26N2O3/c1-2-11(7-9-18)10-16-14(19)13-4-3-8-17(13)15(20)12-5-6-12/h11-13,18H,2-10H2,1H3,(H,16,19). The number of aliphatic hydroxyl groups excluding tert-OH is 1. The second-order valence-corrected chi connectivity index (χ2v) is 6.00. The van der Waals surface area contributed by atoms with Crippen molar-refractivity contribution in [3.63, 3.8) is 0 Å². The molecule has 2 N–H and O–H groups in total. The summed E-state index contributed by atoms with van der Waals surface area (Å²) in [5.41, 5.74) is 0. The third-order valence-corrected chi connectivity index (χ3v) is 4.44. The lowest BCUT2D eigenvalue weighted by Crippen LogP contribution is -2.47. The maximum absolute atomic E-state index is 12.3. The van der Waals surface area contributed by atoms with E-state index in [4.69, 9.17) is 5.11 Å². The summed E-state index contributed by atoms with van der Waals surface area (Å²) in [5, 5.41) is 11.9. The predicted molar refractivity (Wildman–Crippen MR) is 76.0 cm³/mol. The van der Waals surface area contributed by atoms with E-state index in [9.17, 15) is 9.59 Å². The Hall–Kier alpha value is -1.10. The highest BCUT2D eigenvalue weighted by Gasteiger charge is 2.40. The molecule has 0 spiro atoms. The monoisotopic (exact) mass is 282 g/mol. The van der Waals surface area contributed by atoms with Crippen LogP contribution in [0.2, 0.25) is 0 Å². The molecule has 1 aliphatic heterocycles. The Balaban J connectivity index is 1.82. The molecule has 0 radical (unpaired) electrons. The largest absolute Gasteiger partial charge is 0.396 e. The second-order valence-electron chi connectivity index (χ2n) is 6.00. The number of carbonyl (C=O) groups is 2. The number of hydrogen-bond donors (Lipinski definition) is 2. The van der Waals surface area contributed by atoms with Crippen molar-refractivity contribution >= 4 is 11.8 Å². The van der Waals surface area contributed by atoms with Crippen LogP contribution in [0.5, 0.6) is 0 Å². The molecule has 5 heteroatoms. The summed E-state index contributed by atoms with van der Waals surface area (Å²) in [7, 11) is 0. The topological polar surface area (TPSA) is 69.6 Å². The van der Waals surface area contributed by atoms with E-state index in [0.29, 0.717) is 18.9 Å². The quantitative estimate of drug-likeness (QED) is 0.729. The van der Waals surface area contributed by atoms with E-state index in [-0.39, 0.29) is 30.4 Å². The molecule has 114 valence electrons. The number of hydrogen-bond acceptors (Lipinski definition) is 3. The number of likely N-dealkylation sites (tertiary alicyclic amines) is 1. The molecule has 0 aromatic heterocycles. The highest BCUT2D eigenvalue weighted by Crippen LogP contribution is 2.33. The van der Waals surface area contributed by atoms with Gasteiger partial charge >= 0.3 is 0 Å². The van der Waals surface area contributed by atoms with E-state index < -0.39 is 0 Å². The first-order chi connectivity index (χ1) is 9.67. The second kappa shape index (κ2) is 7.07. The molecule has 2 amide bonds. The van der Waals surface area contributed by atoms with Crippen molar-refractivity contribution in [3.8, 4) is 0 Å². The molecule has 1 aliphatic carbocycles. The van der Waals surface area contributed by atoms with Crippen LogP contribution in [0.4, 0.5) is 0 Å². The number of carbonyl (C=O) groups excluding carboxylic acids is 2. The summed E-state index contributed by atoms with van der Waals surface area (Å²) in [6.07, 6.45) is 5.32. The summed E-state index contributed by atoms with van der Waals surface area (Å²) in [6, 6.07) is -0.269. The number of nitrogens with zero attached hydrogens (tertiary/aromatic N) is 1. The van der Waals surface area contributed by atoms with Gasteiger partial charge in [0, 0.05) is 25.6 Å². The minimum absolute atomic E-state index is 0.0205. The fraction of sp³-hybridized carbons (Fsp3) is 0.867. The molecule has 1 heterocycles. The van der Waals surface area contributed by atoms with Crippen LogP contribution in [-0.4, -0.2) is 47.6 Å². The van der Waals surface area contributed by atoms with Gasteiger partial charge in [-0.15, -0.1) is 0 Å². The fourth-order valence-corrected chi connectivity index (χ4v) is 2.86. The molecule has 2 fully saturated rings. The van der Waals surface area contributed by atoms with Gasteiger partial charge in [-0.2, -0.15) is 0 Å². The lowest BCUT2D eigenvalue weighted by molar-refractivity contribution is -0.139. The molecule has 2 aliphatic rings. The summed E-state index contributed by atoms with van der Waals surface area (Å²) < 4.78 is 0. The Bertz CT molecular complexity index is 355. The first kappa shape index (κ1) is 15.3. The van der Waals surface area contributed by atoms with Gasteiger partial charge in [0.1, 0.15) is 6.04 Å². The lowest BCUT2D eigenvalue weighted by Gasteiger charge is -2.25. The van der Waals surface area contributed by atoms with Crippen molar-refractivity contribution in [1.82, 2.24) is 10.2 Å². The van der Waals surface area contributed by atoms with Crippen LogP contribution in [0.3, 0.4) is 0 Å². The third-order valence-electron chi connectivity index (χ3n) is 4.44. The van der Waals surface area contributed by atoms with E-state index >= 15 is 0 Å². The van der Waals surface area contributed by atoms with Crippen molar-refractivity contribution in [1.29, 1.82) is 0 Å². The van der Waals surface area contributed by atoms with Crippen LogP contribution in [0.25, 0.3) is 0 Å². The summed E-state index contributed by atoms with van der Waals surface area (Å²) in [6.45, 7) is 3.54. The molecule has 0 aromatic carbocycles. The average Bonchev–Trinajstić information content (AvgIpc) is 3.19. The minimum Gasteiger partial charge on any atom is -0.396 e. The van der Waals surface area contributed by atoms with Gasteiger partial charge in [0.15, 0.2) is 0 Å². The van der Waals surface area contributed by atoms with Crippen molar-refractivity contribution in [2.45, 2.75) is 51.5 Å². The van der Waals surface area contributed by atoms with Gasteiger partial charge in [-0.3, -0.25) is 9.59 Å². The van der Waals surface area contributed by atoms with E-state index in [2.05, 4.69) is 12.2 Å². The van der Waals surface area contributed by atoms with Crippen molar-refractivity contribution < 1.29 is 14.7 Å². The van der Waals surface area contributed by atoms with E-state index in [1.807, 2.05) is 0 Å². The smallest absolute Gasteiger partial charge is 0.242 e. The van der Waals surface area contributed by atoms with E-state index in [1.165, 1.54) is 0 Å². The summed E-state index contributed by atoms with van der Waals surface area (Å²) in [4.78, 5) is 26.2. The van der Waals surface area contributed by atoms with Crippen LogP contribution in [0.1, 0.15) is 45.4 Å². The SMILES string of the molecule is CCC(CCO)CNC(=O)C1CCCN1C(=O)C1CC1. The maximum Gasteiger partial charge on any atom is 0.242 e. The van der Waals surface area contributed by atoms with Gasteiger partial charge in [-0.05, 0) is 38.0 Å². The average molecular weight is 282 g/mol. The number of amides is 2. The Kier molecular flexibility index (Phi) is 5.40. The van der Waals surface area contributed by atoms with Crippen molar-refractivity contribution in [2.75, 3.05) is 19.7 Å². The van der Waals surface area contributed by atoms with E-state index in [1.54, 1.807) is 4.90 Å². The Morgan fingerprint density at radius 2 is 2.10 bits per heavy atom. The van der Waals surface area contributed by atoms with Crippen molar-refractivity contribution in [3.05, 3.63) is 0 Å². The van der Waals surface area contributed by atoms with Crippen LogP contribution >= 0.6 is 0 Å². The van der Waals surface area contributed by atoms with E-state index in [0.717, 1.165) is 38.6 Å². The van der Waals surface area contributed by atoms with Crippen LogP contribution in [0.15, 0.2) is 0 Å². The third kappa shape index (κ3) is 3.72. The van der Waals surface area contributed by atoms with Gasteiger partial charge in [0.05, 0.1) is 0 Å². The highest BCUT2D eigenvalue weighted by atomic mass is 16.3. The molecule has 1 saturated heterocycles. The fourth-order valence-electron chi connectivity index (χ4n) is 2.86. The van der Waals surface area contributed by atoms with Gasteiger partial charge in [-0.1, -0.05) is 13.3 Å². The molecule has 2 unspecified atom stereocenters. The number of aliphatic hydroxyl groups is 1. The normalized spacial score (nSPS) is 23.7. The predicted octanol–water partition coefficient (Wildman–Crippen LogP) is 0.912. The highest BCUT2D eigenvalue weighted by molar-refractivity contribution is 5.89. The number of rotatable bonds is 7. The molecular weight excluding hydrogens is 256 g/mol. The zero-order chi connectivity index (χ0) is 14.5. The summed E-state index contributed by atoms with van der Waals surface area (Å²) in [5.74, 6) is 0.650. The Labute approximate surface area is 120 Å². The zero-order valence-corrected chi connectivity index (χ0v) is 12.3. The molecule has 0 aromatic rings. The first-order valence-corrected chi connectivity index (χ1v) is 7.86. The zero-order valence-electron chi connectivity index (χ0n) is 12.3. The molecule has 2 atom stereocenters. The minimum atomic E-state index is -0.269. The molecule has 0 bridgehead atoms. The van der Waals surface area contributed by atoms with Gasteiger partial charge in [-0.25, -0.2) is 0 Å². The first-order valence-electron chi connectivity index (χ1n) is 7.86. The molecule has 20 heavy (non-hydrogen) atoms. The molecular formula is C15H26N2O3.